The minimum atomic E-state index is -0.424. The van der Waals surface area contributed by atoms with Gasteiger partial charge in [0, 0.05) is 42.4 Å². The smallest absolute Gasteiger partial charge is 0.259 e. The van der Waals surface area contributed by atoms with E-state index in [1.165, 1.54) is 0 Å². The lowest BCUT2D eigenvalue weighted by Gasteiger charge is -2.37. The van der Waals surface area contributed by atoms with Crippen molar-refractivity contribution in [2.24, 2.45) is 5.92 Å². The van der Waals surface area contributed by atoms with E-state index in [9.17, 15) is 14.7 Å². The Morgan fingerprint density at radius 3 is 2.46 bits per heavy atom. The number of ether oxygens (including phenoxy) is 1. The Kier molecular flexibility index (Phi) is 8.22. The van der Waals surface area contributed by atoms with E-state index in [0.29, 0.717) is 24.2 Å². The minimum absolute atomic E-state index is 0.116. The standard InChI is InChI=1S/C30H31N3O4/c1-21-18-33(22(2)20-34)30(36)26-16-24(15-14-23-10-6-4-7-11-23)17-31-28(26)37-27(21)19-32(3)29(35)25-12-8-5-9-13-25/h4-13,16-17,21-22,27,34H,18-20H2,1-3H3/t21-,22-,27-/m1/s1. The lowest BCUT2D eigenvalue weighted by molar-refractivity contribution is 0.0313. The van der Waals surface area contributed by atoms with E-state index in [4.69, 9.17) is 4.74 Å². The summed E-state index contributed by atoms with van der Waals surface area (Å²) in [6.07, 6.45) is 1.16. The Morgan fingerprint density at radius 2 is 1.78 bits per heavy atom. The van der Waals surface area contributed by atoms with Gasteiger partial charge in [0.05, 0.1) is 19.2 Å². The van der Waals surface area contributed by atoms with Crippen LogP contribution in [0.1, 0.15) is 45.7 Å². The van der Waals surface area contributed by atoms with Crippen molar-refractivity contribution in [3.05, 3.63) is 95.2 Å². The van der Waals surface area contributed by atoms with E-state index in [0.717, 1.165) is 5.56 Å². The van der Waals surface area contributed by atoms with Gasteiger partial charge in [0.25, 0.3) is 11.8 Å². The maximum Gasteiger partial charge on any atom is 0.259 e. The molecule has 0 bridgehead atoms. The number of aliphatic hydroxyl groups is 1. The quantitative estimate of drug-likeness (QED) is 0.546. The molecule has 3 atom stereocenters. The molecule has 1 aliphatic heterocycles. The van der Waals surface area contributed by atoms with Crippen LogP contribution in [-0.4, -0.2) is 70.6 Å². The van der Waals surface area contributed by atoms with E-state index in [1.54, 1.807) is 48.2 Å². The average Bonchev–Trinajstić information content (AvgIpc) is 2.94. The largest absolute Gasteiger partial charge is 0.472 e. The summed E-state index contributed by atoms with van der Waals surface area (Å²) in [5, 5.41) is 9.86. The second kappa shape index (κ2) is 11.7. The first-order chi connectivity index (χ1) is 17.9. The first-order valence-electron chi connectivity index (χ1n) is 12.3. The molecule has 2 aromatic carbocycles. The fourth-order valence-corrected chi connectivity index (χ4v) is 4.21. The lowest BCUT2D eigenvalue weighted by Crippen LogP contribution is -2.50. The van der Waals surface area contributed by atoms with Crippen molar-refractivity contribution in [1.29, 1.82) is 0 Å². The molecule has 4 rings (SSSR count). The summed E-state index contributed by atoms with van der Waals surface area (Å²) in [6.45, 7) is 4.27. The highest BCUT2D eigenvalue weighted by Crippen LogP contribution is 2.27. The highest BCUT2D eigenvalue weighted by Gasteiger charge is 2.34. The van der Waals surface area contributed by atoms with Gasteiger partial charge in [-0.1, -0.05) is 55.2 Å². The number of benzene rings is 2. The number of fused-ring (bicyclic) bond motifs is 1. The van der Waals surface area contributed by atoms with Crippen molar-refractivity contribution >= 4 is 11.8 Å². The number of nitrogens with zero attached hydrogens (tertiary/aromatic N) is 3. The third kappa shape index (κ3) is 6.16. The number of aliphatic hydroxyl groups excluding tert-OH is 1. The van der Waals surface area contributed by atoms with Gasteiger partial charge in [0.15, 0.2) is 0 Å². The normalized spacial score (nSPS) is 17.8. The molecular weight excluding hydrogens is 466 g/mol. The predicted octanol–water partition coefficient (Wildman–Crippen LogP) is 3.47. The molecule has 0 aliphatic carbocycles. The third-order valence-corrected chi connectivity index (χ3v) is 6.47. The van der Waals surface area contributed by atoms with E-state index in [2.05, 4.69) is 16.8 Å². The fraction of sp³-hybridized carbons (Fsp3) is 0.300. The van der Waals surface area contributed by atoms with Crippen molar-refractivity contribution in [2.45, 2.75) is 26.0 Å². The van der Waals surface area contributed by atoms with Crippen molar-refractivity contribution in [2.75, 3.05) is 26.7 Å². The lowest BCUT2D eigenvalue weighted by atomic mass is 9.99. The Hall–Kier alpha value is -4.15. The number of pyridine rings is 1. The summed E-state index contributed by atoms with van der Waals surface area (Å²) < 4.78 is 6.29. The van der Waals surface area contributed by atoms with Crippen LogP contribution in [0.25, 0.3) is 0 Å². The molecule has 0 saturated heterocycles. The number of hydrogen-bond donors (Lipinski definition) is 1. The molecule has 1 N–H and O–H groups in total. The third-order valence-electron chi connectivity index (χ3n) is 6.47. The maximum absolute atomic E-state index is 13.6. The van der Waals surface area contributed by atoms with Crippen LogP contribution in [0.2, 0.25) is 0 Å². The van der Waals surface area contributed by atoms with Crippen LogP contribution >= 0.6 is 0 Å². The summed E-state index contributed by atoms with van der Waals surface area (Å²) in [5.41, 5.74) is 2.31. The van der Waals surface area contributed by atoms with Gasteiger partial charge in [0.1, 0.15) is 11.7 Å². The molecule has 1 aliphatic rings. The highest BCUT2D eigenvalue weighted by atomic mass is 16.5. The zero-order chi connectivity index (χ0) is 26.4. The van der Waals surface area contributed by atoms with Gasteiger partial charge in [-0.3, -0.25) is 9.59 Å². The van der Waals surface area contributed by atoms with Crippen LogP contribution in [0.3, 0.4) is 0 Å². The number of aromatic nitrogens is 1. The molecule has 2 amide bonds. The second-order valence-electron chi connectivity index (χ2n) is 9.37. The van der Waals surface area contributed by atoms with Crippen molar-refractivity contribution in [1.82, 2.24) is 14.8 Å². The first-order valence-corrected chi connectivity index (χ1v) is 12.3. The van der Waals surface area contributed by atoms with Gasteiger partial charge in [0.2, 0.25) is 5.88 Å². The summed E-state index contributed by atoms with van der Waals surface area (Å²) in [5.74, 6) is 5.84. The molecule has 7 heteroatoms. The average molecular weight is 498 g/mol. The molecule has 190 valence electrons. The van der Waals surface area contributed by atoms with E-state index < -0.39 is 12.1 Å². The highest BCUT2D eigenvalue weighted by molar-refractivity contribution is 5.97. The second-order valence-corrected chi connectivity index (χ2v) is 9.37. The minimum Gasteiger partial charge on any atom is -0.472 e. The molecule has 0 radical (unpaired) electrons. The number of hydrogen-bond acceptors (Lipinski definition) is 5. The monoisotopic (exact) mass is 497 g/mol. The van der Waals surface area contributed by atoms with Gasteiger partial charge < -0.3 is 19.6 Å². The molecule has 7 nitrogen and oxygen atoms in total. The van der Waals surface area contributed by atoms with Crippen LogP contribution < -0.4 is 4.74 Å². The number of likely N-dealkylation sites (N-methyl/N-ethyl adjacent to an activating group) is 1. The van der Waals surface area contributed by atoms with Crippen molar-refractivity contribution < 1.29 is 19.4 Å². The first kappa shape index (κ1) is 25.9. The topological polar surface area (TPSA) is 83.0 Å². The predicted molar refractivity (Wildman–Crippen MR) is 141 cm³/mol. The molecule has 0 spiro atoms. The molecule has 0 unspecified atom stereocenters. The molecule has 0 saturated carbocycles. The number of amides is 2. The molecule has 3 aromatic rings. The van der Waals surface area contributed by atoms with Crippen LogP contribution in [0, 0.1) is 17.8 Å². The van der Waals surface area contributed by atoms with Gasteiger partial charge in [-0.2, -0.15) is 0 Å². The molecule has 1 aromatic heterocycles. The Labute approximate surface area is 217 Å². The number of carbonyl (C=O) groups excluding carboxylic acids is 2. The summed E-state index contributed by atoms with van der Waals surface area (Å²) in [4.78, 5) is 34.3. The fourth-order valence-electron chi connectivity index (χ4n) is 4.21. The van der Waals surface area contributed by atoms with Crippen LogP contribution in [0.4, 0.5) is 0 Å². The molecule has 2 heterocycles. The zero-order valence-electron chi connectivity index (χ0n) is 21.3. The number of rotatable bonds is 5. The maximum atomic E-state index is 13.6. The molecule has 37 heavy (non-hydrogen) atoms. The molecular formula is C30H31N3O4. The summed E-state index contributed by atoms with van der Waals surface area (Å²) in [6, 6.07) is 19.9. The van der Waals surface area contributed by atoms with Gasteiger partial charge in [-0.25, -0.2) is 4.98 Å². The van der Waals surface area contributed by atoms with Crippen molar-refractivity contribution in [3.8, 4) is 17.7 Å². The van der Waals surface area contributed by atoms with E-state index >= 15 is 0 Å². The Balaban J connectivity index is 1.65. The van der Waals surface area contributed by atoms with E-state index in [1.807, 2.05) is 55.5 Å². The van der Waals surface area contributed by atoms with Gasteiger partial charge in [-0.15, -0.1) is 0 Å². The van der Waals surface area contributed by atoms with Crippen LogP contribution in [-0.2, 0) is 0 Å². The van der Waals surface area contributed by atoms with Crippen LogP contribution in [0.5, 0.6) is 5.88 Å². The van der Waals surface area contributed by atoms with Gasteiger partial charge >= 0.3 is 0 Å². The van der Waals surface area contributed by atoms with Gasteiger partial charge in [-0.05, 0) is 37.3 Å². The summed E-state index contributed by atoms with van der Waals surface area (Å²) >= 11 is 0. The molecule has 0 fully saturated rings. The number of carbonyl (C=O) groups is 2. The van der Waals surface area contributed by atoms with E-state index in [-0.39, 0.29) is 35.8 Å². The summed E-state index contributed by atoms with van der Waals surface area (Å²) in [7, 11) is 1.74. The Morgan fingerprint density at radius 1 is 1.14 bits per heavy atom. The SMILES string of the molecule is C[C@@H]1CN([C@H](C)CO)C(=O)c2cc(C#Cc3ccccc3)cnc2O[C@@H]1CN(C)C(=O)c1ccccc1. The van der Waals surface area contributed by atoms with Crippen molar-refractivity contribution in [3.63, 3.8) is 0 Å². The zero-order valence-corrected chi connectivity index (χ0v) is 21.3. The van der Waals surface area contributed by atoms with Crippen LogP contribution in [0.15, 0.2) is 72.9 Å². The Bertz CT molecular complexity index is 1300.